The van der Waals surface area contributed by atoms with Gasteiger partial charge in [0.05, 0.1) is 11.1 Å². The summed E-state index contributed by atoms with van der Waals surface area (Å²) in [6.45, 7) is 2.38. The molecule has 0 aliphatic carbocycles. The molecule has 6 nitrogen and oxygen atoms in total. The van der Waals surface area contributed by atoms with E-state index in [-0.39, 0.29) is 24.2 Å². The van der Waals surface area contributed by atoms with Crippen molar-refractivity contribution < 1.29 is 9.59 Å². The molecule has 7 heteroatoms. The van der Waals surface area contributed by atoms with Crippen LogP contribution in [-0.2, 0) is 29.7 Å². The van der Waals surface area contributed by atoms with Gasteiger partial charge in [-0.3, -0.25) is 14.9 Å². The molecular weight excluding hydrogens is 412 g/mol. The van der Waals surface area contributed by atoms with Gasteiger partial charge < -0.3 is 14.5 Å². The second kappa shape index (κ2) is 7.11. The van der Waals surface area contributed by atoms with Crippen molar-refractivity contribution >= 4 is 57.2 Å². The molecule has 31 heavy (non-hydrogen) atoms. The number of rotatable bonds is 2. The van der Waals surface area contributed by atoms with Crippen LogP contribution in [0.1, 0.15) is 16.8 Å². The summed E-state index contributed by atoms with van der Waals surface area (Å²) in [7, 11) is 1.96. The summed E-state index contributed by atoms with van der Waals surface area (Å²) in [6, 6.07) is 16.1. The Morgan fingerprint density at radius 1 is 0.871 bits per heavy atom. The Bertz CT molecular complexity index is 1430. The number of nitrogens with one attached hydrogen (secondary N) is 2. The second-order valence-electron chi connectivity index (χ2n) is 7.87. The van der Waals surface area contributed by atoms with Gasteiger partial charge in [-0.25, -0.2) is 0 Å². The van der Waals surface area contributed by atoms with Crippen LogP contribution in [0.4, 0.5) is 0 Å². The number of aryl methyl sites for hydroxylation is 1. The standard InChI is InChI=1S/C24H20N4O2.ClH/c1-27-13-16(14-6-2-4-8-17(14)27)21-22(24(30)26-23(21)29)20-15-7-3-5-9-18(15)28-11-10-25-12-19(20)28;/h2-9,13,25H,10-12H2,1H3,(H,26,29,30);1H. The summed E-state index contributed by atoms with van der Waals surface area (Å²) >= 11 is 0. The quantitative estimate of drug-likeness (QED) is 0.478. The van der Waals surface area contributed by atoms with Crippen molar-refractivity contribution in [3.05, 3.63) is 71.5 Å². The van der Waals surface area contributed by atoms with Gasteiger partial charge in [0.1, 0.15) is 0 Å². The number of benzene rings is 2. The smallest absolute Gasteiger partial charge is 0.259 e. The normalized spacial score (nSPS) is 16.0. The predicted octanol–water partition coefficient (Wildman–Crippen LogP) is 3.23. The maximum absolute atomic E-state index is 13.1. The van der Waals surface area contributed by atoms with Crippen LogP contribution in [0.15, 0.2) is 54.7 Å². The Labute approximate surface area is 184 Å². The van der Waals surface area contributed by atoms with Gasteiger partial charge in [0, 0.05) is 71.5 Å². The van der Waals surface area contributed by atoms with Gasteiger partial charge in [-0.2, -0.15) is 0 Å². The van der Waals surface area contributed by atoms with Gasteiger partial charge in [-0.1, -0.05) is 36.4 Å². The lowest BCUT2D eigenvalue weighted by molar-refractivity contribution is -0.122. The zero-order chi connectivity index (χ0) is 20.4. The zero-order valence-electron chi connectivity index (χ0n) is 16.9. The number of para-hydroxylation sites is 2. The molecule has 6 rings (SSSR count). The van der Waals surface area contributed by atoms with Crippen molar-refractivity contribution in [2.45, 2.75) is 13.1 Å². The zero-order valence-corrected chi connectivity index (χ0v) is 17.8. The number of amides is 2. The van der Waals surface area contributed by atoms with Gasteiger partial charge in [-0.05, 0) is 12.1 Å². The van der Waals surface area contributed by atoms with E-state index >= 15 is 0 Å². The highest BCUT2D eigenvalue weighted by atomic mass is 35.5. The summed E-state index contributed by atoms with van der Waals surface area (Å²) in [5.74, 6) is -0.660. The third-order valence-corrected chi connectivity index (χ3v) is 6.23. The first-order chi connectivity index (χ1) is 14.6. The largest absolute Gasteiger partial charge is 0.350 e. The average molecular weight is 433 g/mol. The van der Waals surface area contributed by atoms with E-state index in [1.54, 1.807) is 0 Å². The maximum atomic E-state index is 13.1. The van der Waals surface area contributed by atoms with Crippen molar-refractivity contribution in [2.75, 3.05) is 6.54 Å². The summed E-state index contributed by atoms with van der Waals surface area (Å²) in [4.78, 5) is 26.1. The first kappa shape index (κ1) is 19.6. The fourth-order valence-corrected chi connectivity index (χ4v) is 4.96. The van der Waals surface area contributed by atoms with Crippen molar-refractivity contribution in [2.24, 2.45) is 7.05 Å². The number of carbonyl (C=O) groups excluding carboxylic acids is 2. The summed E-state index contributed by atoms with van der Waals surface area (Å²) in [5, 5.41) is 7.95. The molecule has 2 aliphatic heterocycles. The van der Waals surface area contributed by atoms with Gasteiger partial charge >= 0.3 is 0 Å². The molecule has 0 saturated carbocycles. The minimum atomic E-state index is -0.334. The van der Waals surface area contributed by atoms with Crippen LogP contribution in [0.25, 0.3) is 33.0 Å². The Morgan fingerprint density at radius 3 is 2.35 bits per heavy atom. The number of imide groups is 1. The Hall–Kier alpha value is -3.35. The molecule has 0 spiro atoms. The topological polar surface area (TPSA) is 68.1 Å². The van der Waals surface area contributed by atoms with Crippen LogP contribution in [-0.4, -0.2) is 27.5 Å². The van der Waals surface area contributed by atoms with Crippen molar-refractivity contribution in [3.63, 3.8) is 0 Å². The number of fused-ring (bicyclic) bond motifs is 4. The molecule has 2 N–H and O–H groups in total. The predicted molar refractivity (Wildman–Crippen MR) is 124 cm³/mol. The fourth-order valence-electron chi connectivity index (χ4n) is 4.96. The lowest BCUT2D eigenvalue weighted by Gasteiger charge is -2.19. The molecule has 2 aromatic heterocycles. The fraction of sp³-hybridized carbons (Fsp3) is 0.167. The van der Waals surface area contributed by atoms with E-state index in [4.69, 9.17) is 0 Å². The van der Waals surface area contributed by atoms with Crippen LogP contribution >= 0.6 is 12.4 Å². The van der Waals surface area contributed by atoms with Crippen LogP contribution in [0.3, 0.4) is 0 Å². The second-order valence-corrected chi connectivity index (χ2v) is 7.87. The molecule has 4 aromatic rings. The molecule has 0 saturated heterocycles. The third-order valence-electron chi connectivity index (χ3n) is 6.23. The van der Waals surface area contributed by atoms with E-state index in [0.29, 0.717) is 17.7 Å². The highest BCUT2D eigenvalue weighted by molar-refractivity contribution is 6.51. The van der Waals surface area contributed by atoms with Crippen molar-refractivity contribution in [1.82, 2.24) is 19.8 Å². The Kier molecular flexibility index (Phi) is 4.50. The number of nitrogens with zero attached hydrogens (tertiary/aromatic N) is 2. The average Bonchev–Trinajstić information content (AvgIpc) is 3.37. The number of halogens is 1. The van der Waals surface area contributed by atoms with E-state index in [1.165, 1.54) is 0 Å². The molecule has 0 radical (unpaired) electrons. The van der Waals surface area contributed by atoms with E-state index in [0.717, 1.165) is 51.7 Å². The number of aromatic nitrogens is 2. The molecule has 4 heterocycles. The van der Waals surface area contributed by atoms with E-state index in [2.05, 4.69) is 21.3 Å². The summed E-state index contributed by atoms with van der Waals surface area (Å²) in [5.41, 5.74) is 5.77. The van der Waals surface area contributed by atoms with Gasteiger partial charge in [0.15, 0.2) is 0 Å². The van der Waals surface area contributed by atoms with Crippen LogP contribution in [0, 0.1) is 0 Å². The number of hydrogen-bond donors (Lipinski definition) is 2. The van der Waals surface area contributed by atoms with Crippen molar-refractivity contribution in [1.29, 1.82) is 0 Å². The molecule has 2 amide bonds. The van der Waals surface area contributed by atoms with Crippen LogP contribution < -0.4 is 10.6 Å². The summed E-state index contributed by atoms with van der Waals surface area (Å²) in [6.07, 6.45) is 1.95. The summed E-state index contributed by atoms with van der Waals surface area (Å²) < 4.78 is 4.27. The van der Waals surface area contributed by atoms with E-state index in [1.807, 2.05) is 60.3 Å². The van der Waals surface area contributed by atoms with Crippen molar-refractivity contribution in [3.8, 4) is 0 Å². The van der Waals surface area contributed by atoms with E-state index < -0.39 is 0 Å². The van der Waals surface area contributed by atoms with Crippen LogP contribution in [0.5, 0.6) is 0 Å². The molecule has 156 valence electrons. The first-order valence-corrected chi connectivity index (χ1v) is 10.1. The Balaban J connectivity index is 0.00000204. The molecule has 0 fully saturated rings. The SMILES string of the molecule is Cl.Cn1cc(C2=C(c3c4n(c5ccccc35)CCNC4)C(=O)NC2=O)c2ccccc21. The van der Waals surface area contributed by atoms with Gasteiger partial charge in [0.25, 0.3) is 11.8 Å². The number of hydrogen-bond acceptors (Lipinski definition) is 3. The monoisotopic (exact) mass is 432 g/mol. The molecular formula is C24H21ClN4O2. The first-order valence-electron chi connectivity index (χ1n) is 10.1. The van der Waals surface area contributed by atoms with Gasteiger partial charge in [0.2, 0.25) is 0 Å². The molecule has 0 bridgehead atoms. The van der Waals surface area contributed by atoms with Gasteiger partial charge in [-0.15, -0.1) is 12.4 Å². The number of carbonyl (C=O) groups is 2. The third kappa shape index (κ3) is 2.69. The molecule has 2 aromatic carbocycles. The highest BCUT2D eigenvalue weighted by Crippen LogP contribution is 2.41. The maximum Gasteiger partial charge on any atom is 0.259 e. The van der Waals surface area contributed by atoms with Crippen LogP contribution in [0.2, 0.25) is 0 Å². The minimum Gasteiger partial charge on any atom is -0.350 e. The minimum absolute atomic E-state index is 0. The lowest BCUT2D eigenvalue weighted by Crippen LogP contribution is -2.28. The Morgan fingerprint density at radius 2 is 1.55 bits per heavy atom. The molecule has 0 unspecified atom stereocenters. The lowest BCUT2D eigenvalue weighted by atomic mass is 9.93. The van der Waals surface area contributed by atoms with E-state index in [9.17, 15) is 9.59 Å². The molecule has 2 aliphatic rings. The molecule has 0 atom stereocenters. The highest BCUT2D eigenvalue weighted by Gasteiger charge is 2.37.